The van der Waals surface area contributed by atoms with E-state index in [0.717, 1.165) is 12.1 Å². The largest absolute Gasteiger partial charge is 0.478 e. The van der Waals surface area contributed by atoms with Gasteiger partial charge in [0.15, 0.2) is 0 Å². The molecule has 1 aliphatic heterocycles. The zero-order valence-electron chi connectivity index (χ0n) is 8.48. The first-order valence-corrected chi connectivity index (χ1v) is 4.59. The first-order valence-electron chi connectivity index (χ1n) is 4.59. The maximum atomic E-state index is 10.9. The number of carboxylic acid groups (broad SMARTS) is 1. The van der Waals surface area contributed by atoms with E-state index in [1.165, 1.54) is 0 Å². The Balaban J connectivity index is 3.04. The zero-order valence-corrected chi connectivity index (χ0v) is 8.48. The van der Waals surface area contributed by atoms with Crippen LogP contribution in [0.2, 0.25) is 0 Å². The molecule has 0 aromatic rings. The summed E-state index contributed by atoms with van der Waals surface area (Å²) in [6, 6.07) is 0. The lowest BCUT2D eigenvalue weighted by molar-refractivity contribution is -0.133. The Hall–Kier alpha value is -0.830. The van der Waals surface area contributed by atoms with E-state index in [2.05, 4.69) is 26.1 Å². The van der Waals surface area contributed by atoms with Crippen molar-refractivity contribution in [2.45, 2.75) is 27.2 Å². The molecule has 3 nitrogen and oxygen atoms in total. The van der Waals surface area contributed by atoms with Crippen LogP contribution in [0.5, 0.6) is 0 Å². The van der Waals surface area contributed by atoms with E-state index in [4.69, 9.17) is 5.11 Å². The van der Waals surface area contributed by atoms with Gasteiger partial charge in [-0.25, -0.2) is 4.79 Å². The van der Waals surface area contributed by atoms with Crippen LogP contribution in [0.1, 0.15) is 27.2 Å². The van der Waals surface area contributed by atoms with Gasteiger partial charge in [-0.2, -0.15) is 0 Å². The Bertz CT molecular complexity index is 248. The number of carboxylic acids is 1. The lowest BCUT2D eigenvalue weighted by atomic mass is 9.81. The molecular weight excluding hydrogens is 166 g/mol. The molecule has 0 saturated heterocycles. The van der Waals surface area contributed by atoms with E-state index >= 15 is 0 Å². The summed E-state index contributed by atoms with van der Waals surface area (Å²) in [6.45, 7) is 7.65. The van der Waals surface area contributed by atoms with Gasteiger partial charge in [-0.1, -0.05) is 20.8 Å². The maximum Gasteiger partial charge on any atom is 0.331 e. The highest BCUT2D eigenvalue weighted by Crippen LogP contribution is 2.30. The molecule has 1 rings (SSSR count). The Morgan fingerprint density at radius 2 is 2.08 bits per heavy atom. The third-order valence-electron chi connectivity index (χ3n) is 2.38. The Morgan fingerprint density at radius 3 is 2.46 bits per heavy atom. The average Bonchev–Trinajstić information content (AvgIpc) is 2.03. The number of carbonyl (C=O) groups is 1. The molecule has 0 saturated carbocycles. The second kappa shape index (κ2) is 3.50. The second-order valence-corrected chi connectivity index (χ2v) is 4.44. The molecule has 0 atom stereocenters. The fourth-order valence-corrected chi connectivity index (χ4v) is 1.64. The van der Waals surface area contributed by atoms with Gasteiger partial charge in [0.25, 0.3) is 0 Å². The molecular formula is C10H17NO2. The summed E-state index contributed by atoms with van der Waals surface area (Å²) in [5, 5.41) is 12.2. The molecule has 1 aliphatic rings. The molecule has 0 aliphatic carbocycles. The summed E-state index contributed by atoms with van der Waals surface area (Å²) >= 11 is 0. The number of aliphatic carboxylic acids is 1. The van der Waals surface area contributed by atoms with E-state index in [0.29, 0.717) is 18.5 Å². The van der Waals surface area contributed by atoms with Crippen molar-refractivity contribution in [1.82, 2.24) is 5.32 Å². The van der Waals surface area contributed by atoms with E-state index < -0.39 is 5.97 Å². The monoisotopic (exact) mass is 183 g/mol. The molecule has 0 amide bonds. The molecule has 0 unspecified atom stereocenters. The molecule has 74 valence electrons. The standard InChI is InChI=1S/C10H17NO2/c1-10(2,3)8-6-11-5-4-7(8)9(12)13/h11H,4-6H2,1-3H3,(H,12,13). The SMILES string of the molecule is CC(C)(C)C1=C(C(=O)O)CCNC1. The van der Waals surface area contributed by atoms with E-state index in [1.807, 2.05) is 0 Å². The first kappa shape index (κ1) is 10.3. The van der Waals surface area contributed by atoms with Crippen LogP contribution < -0.4 is 5.32 Å². The molecule has 0 radical (unpaired) electrons. The van der Waals surface area contributed by atoms with Gasteiger partial charge in [0, 0.05) is 12.1 Å². The normalized spacial score (nSPS) is 19.0. The summed E-state index contributed by atoms with van der Waals surface area (Å²) < 4.78 is 0. The van der Waals surface area contributed by atoms with Gasteiger partial charge in [-0.05, 0) is 24.0 Å². The molecule has 0 spiro atoms. The van der Waals surface area contributed by atoms with Gasteiger partial charge in [0.1, 0.15) is 0 Å². The summed E-state index contributed by atoms with van der Waals surface area (Å²) in [7, 11) is 0. The Morgan fingerprint density at radius 1 is 1.46 bits per heavy atom. The third kappa shape index (κ3) is 2.31. The van der Waals surface area contributed by atoms with Crippen LogP contribution in [0.25, 0.3) is 0 Å². The number of nitrogens with one attached hydrogen (secondary N) is 1. The topological polar surface area (TPSA) is 49.3 Å². The van der Waals surface area contributed by atoms with Gasteiger partial charge >= 0.3 is 5.97 Å². The minimum absolute atomic E-state index is 0.0405. The molecule has 2 N–H and O–H groups in total. The van der Waals surface area contributed by atoms with Crippen molar-refractivity contribution in [3.63, 3.8) is 0 Å². The van der Waals surface area contributed by atoms with Crippen molar-refractivity contribution in [3.8, 4) is 0 Å². The minimum atomic E-state index is -0.758. The van der Waals surface area contributed by atoms with Crippen molar-refractivity contribution in [1.29, 1.82) is 0 Å². The summed E-state index contributed by atoms with van der Waals surface area (Å²) in [4.78, 5) is 10.9. The van der Waals surface area contributed by atoms with Crippen LogP contribution >= 0.6 is 0 Å². The number of rotatable bonds is 1. The van der Waals surface area contributed by atoms with Crippen molar-refractivity contribution in [2.75, 3.05) is 13.1 Å². The predicted octanol–water partition coefficient (Wildman–Crippen LogP) is 1.41. The van der Waals surface area contributed by atoms with Crippen LogP contribution in [0.4, 0.5) is 0 Å². The van der Waals surface area contributed by atoms with Crippen LogP contribution in [-0.4, -0.2) is 24.2 Å². The predicted molar refractivity (Wildman–Crippen MR) is 51.6 cm³/mol. The quantitative estimate of drug-likeness (QED) is 0.646. The second-order valence-electron chi connectivity index (χ2n) is 4.44. The molecule has 0 fully saturated rings. The van der Waals surface area contributed by atoms with Crippen molar-refractivity contribution < 1.29 is 9.90 Å². The lowest BCUT2D eigenvalue weighted by Gasteiger charge is -2.29. The number of hydrogen-bond donors (Lipinski definition) is 2. The van der Waals surface area contributed by atoms with Crippen molar-refractivity contribution in [3.05, 3.63) is 11.1 Å². The van der Waals surface area contributed by atoms with E-state index in [1.54, 1.807) is 0 Å². The van der Waals surface area contributed by atoms with Crippen LogP contribution in [0.15, 0.2) is 11.1 Å². The van der Waals surface area contributed by atoms with Crippen molar-refractivity contribution >= 4 is 5.97 Å². The van der Waals surface area contributed by atoms with Gasteiger partial charge in [0.2, 0.25) is 0 Å². The van der Waals surface area contributed by atoms with E-state index in [9.17, 15) is 4.79 Å². The Labute approximate surface area is 78.8 Å². The van der Waals surface area contributed by atoms with E-state index in [-0.39, 0.29) is 5.41 Å². The smallest absolute Gasteiger partial charge is 0.331 e. The summed E-state index contributed by atoms with van der Waals surface area (Å²) in [5.74, 6) is -0.758. The zero-order chi connectivity index (χ0) is 10.1. The molecule has 0 aromatic carbocycles. The van der Waals surface area contributed by atoms with Crippen molar-refractivity contribution in [2.24, 2.45) is 5.41 Å². The van der Waals surface area contributed by atoms with Crippen LogP contribution in [0, 0.1) is 5.41 Å². The Kier molecular flexibility index (Phi) is 2.76. The highest BCUT2D eigenvalue weighted by molar-refractivity contribution is 5.88. The third-order valence-corrected chi connectivity index (χ3v) is 2.38. The molecule has 3 heteroatoms. The fourth-order valence-electron chi connectivity index (χ4n) is 1.64. The molecule has 0 aromatic heterocycles. The highest BCUT2D eigenvalue weighted by Gasteiger charge is 2.26. The molecule has 1 heterocycles. The van der Waals surface area contributed by atoms with Gasteiger partial charge in [-0.15, -0.1) is 0 Å². The van der Waals surface area contributed by atoms with Gasteiger partial charge in [-0.3, -0.25) is 0 Å². The lowest BCUT2D eigenvalue weighted by Crippen LogP contribution is -2.33. The highest BCUT2D eigenvalue weighted by atomic mass is 16.4. The summed E-state index contributed by atoms with van der Waals surface area (Å²) in [5.41, 5.74) is 1.60. The molecule has 13 heavy (non-hydrogen) atoms. The molecule has 0 bridgehead atoms. The van der Waals surface area contributed by atoms with Crippen LogP contribution in [-0.2, 0) is 4.79 Å². The van der Waals surface area contributed by atoms with Gasteiger partial charge in [0.05, 0.1) is 0 Å². The minimum Gasteiger partial charge on any atom is -0.478 e. The first-order chi connectivity index (χ1) is 5.93. The average molecular weight is 183 g/mol. The summed E-state index contributed by atoms with van der Waals surface area (Å²) in [6.07, 6.45) is 0.641. The van der Waals surface area contributed by atoms with Gasteiger partial charge < -0.3 is 10.4 Å². The van der Waals surface area contributed by atoms with Crippen LogP contribution in [0.3, 0.4) is 0 Å². The fraction of sp³-hybridized carbons (Fsp3) is 0.700. The number of hydrogen-bond acceptors (Lipinski definition) is 2. The maximum absolute atomic E-state index is 10.9.